The summed E-state index contributed by atoms with van der Waals surface area (Å²) in [6.45, 7) is 0. The molecule has 0 atom stereocenters. The molecule has 0 bridgehead atoms. The lowest BCUT2D eigenvalue weighted by Gasteiger charge is -1.78. The molecule has 0 saturated heterocycles. The Kier molecular flexibility index (Phi) is 1.60. The van der Waals surface area contributed by atoms with Gasteiger partial charge in [-0.05, 0) is 28.7 Å². The fourth-order valence-electron chi connectivity index (χ4n) is 0.397. The summed E-state index contributed by atoms with van der Waals surface area (Å²) in [5.41, 5.74) is 0.495. The molecule has 0 spiro atoms. The van der Waals surface area contributed by atoms with Gasteiger partial charge in [-0.15, -0.1) is 0 Å². The van der Waals surface area contributed by atoms with Crippen LogP contribution in [0, 0.1) is 0 Å². The molecule has 0 aromatic carbocycles. The minimum absolute atomic E-state index is 0.495. The van der Waals surface area contributed by atoms with E-state index in [1.807, 2.05) is 5.87 Å². The quantitative estimate of drug-likeness (QED) is 0.435. The lowest BCUT2D eigenvalue weighted by atomic mass is 10.5. The fourth-order valence-corrected chi connectivity index (χ4v) is 0.832. The SMILES string of the molecule is [N-]=C=C1C=C(I)C=N1. The van der Waals surface area contributed by atoms with Crippen molar-refractivity contribution < 1.29 is 0 Å². The highest BCUT2D eigenvalue weighted by atomic mass is 127. The molecule has 2 nitrogen and oxygen atoms in total. The molecule has 8 heavy (non-hydrogen) atoms. The number of rotatable bonds is 0. The highest BCUT2D eigenvalue weighted by Crippen LogP contribution is 2.12. The van der Waals surface area contributed by atoms with Crippen molar-refractivity contribution in [3.63, 3.8) is 0 Å². The Morgan fingerprint density at radius 3 is 2.75 bits per heavy atom. The van der Waals surface area contributed by atoms with Crippen LogP contribution in [0.5, 0.6) is 0 Å². The van der Waals surface area contributed by atoms with Gasteiger partial charge >= 0.3 is 0 Å². The number of hydrogen-bond acceptors (Lipinski definition) is 1. The molecule has 0 aromatic heterocycles. The summed E-state index contributed by atoms with van der Waals surface area (Å²) in [4.78, 5) is 3.77. The Morgan fingerprint density at radius 2 is 2.50 bits per heavy atom. The second-order valence-electron chi connectivity index (χ2n) is 1.28. The molecule has 0 N–H and O–H groups in total. The Labute approximate surface area is 60.7 Å². The van der Waals surface area contributed by atoms with Crippen molar-refractivity contribution >= 4 is 34.7 Å². The highest BCUT2D eigenvalue weighted by molar-refractivity contribution is 14.1. The summed E-state index contributed by atoms with van der Waals surface area (Å²) >= 11 is 2.11. The summed E-state index contributed by atoms with van der Waals surface area (Å²) in [6, 6.07) is 0. The molecular weight excluding hydrogens is 215 g/mol. The average Bonchev–Trinajstić information content (AvgIpc) is 2.14. The van der Waals surface area contributed by atoms with E-state index in [0.29, 0.717) is 5.70 Å². The summed E-state index contributed by atoms with van der Waals surface area (Å²) in [7, 11) is 0. The molecule has 1 rings (SSSR count). The maximum atomic E-state index is 8.24. The first kappa shape index (κ1) is 5.72. The van der Waals surface area contributed by atoms with Gasteiger partial charge in [0, 0.05) is 9.79 Å². The van der Waals surface area contributed by atoms with Crippen LogP contribution in [-0.2, 0) is 0 Å². The van der Waals surface area contributed by atoms with Gasteiger partial charge in [0.05, 0.1) is 5.70 Å². The molecular formula is C5H2IN2-. The van der Waals surface area contributed by atoms with Crippen molar-refractivity contribution in [1.82, 2.24) is 0 Å². The van der Waals surface area contributed by atoms with Crippen LogP contribution >= 0.6 is 22.6 Å². The first-order valence-electron chi connectivity index (χ1n) is 2.01. The van der Waals surface area contributed by atoms with Crippen molar-refractivity contribution in [3.8, 4) is 0 Å². The third kappa shape index (κ3) is 1.05. The van der Waals surface area contributed by atoms with Crippen molar-refractivity contribution in [2.45, 2.75) is 0 Å². The van der Waals surface area contributed by atoms with Gasteiger partial charge in [-0.3, -0.25) is 0 Å². The van der Waals surface area contributed by atoms with E-state index in [9.17, 15) is 0 Å². The Balaban J connectivity index is 3.01. The molecule has 0 fully saturated rings. The van der Waals surface area contributed by atoms with Crippen LogP contribution < -0.4 is 0 Å². The van der Waals surface area contributed by atoms with E-state index >= 15 is 0 Å². The summed E-state index contributed by atoms with van der Waals surface area (Å²) in [5.74, 6) is 1.93. The maximum Gasteiger partial charge on any atom is 0.0829 e. The highest BCUT2D eigenvalue weighted by Gasteiger charge is 1.94. The van der Waals surface area contributed by atoms with E-state index in [1.165, 1.54) is 0 Å². The summed E-state index contributed by atoms with van der Waals surface area (Å²) in [6.07, 6.45) is 3.40. The van der Waals surface area contributed by atoms with Crippen molar-refractivity contribution in [2.75, 3.05) is 0 Å². The monoisotopic (exact) mass is 217 g/mol. The third-order valence-electron chi connectivity index (χ3n) is 0.716. The number of allylic oxidation sites excluding steroid dienone is 2. The Morgan fingerprint density at radius 1 is 1.75 bits per heavy atom. The van der Waals surface area contributed by atoms with E-state index in [0.717, 1.165) is 3.58 Å². The van der Waals surface area contributed by atoms with Crippen LogP contribution in [0.3, 0.4) is 0 Å². The van der Waals surface area contributed by atoms with Gasteiger partial charge in [0.15, 0.2) is 0 Å². The predicted molar refractivity (Wildman–Crippen MR) is 42.5 cm³/mol. The lowest BCUT2D eigenvalue weighted by molar-refractivity contribution is 1.53. The van der Waals surface area contributed by atoms with Crippen LogP contribution in [0.25, 0.3) is 5.41 Å². The smallest absolute Gasteiger partial charge is 0.0829 e. The second-order valence-corrected chi connectivity index (χ2v) is 2.53. The molecule has 3 heteroatoms. The van der Waals surface area contributed by atoms with E-state index < -0.39 is 0 Å². The van der Waals surface area contributed by atoms with E-state index in [-0.39, 0.29) is 0 Å². The fraction of sp³-hybridized carbons (Fsp3) is 0. The van der Waals surface area contributed by atoms with Gasteiger partial charge in [-0.1, -0.05) is 0 Å². The van der Waals surface area contributed by atoms with Crippen LogP contribution in [-0.4, -0.2) is 12.1 Å². The second kappa shape index (κ2) is 2.24. The molecule has 1 aliphatic rings. The largest absolute Gasteiger partial charge is 0.761 e. The van der Waals surface area contributed by atoms with E-state index in [4.69, 9.17) is 5.41 Å². The van der Waals surface area contributed by atoms with E-state index in [2.05, 4.69) is 27.6 Å². The third-order valence-corrected chi connectivity index (χ3v) is 1.31. The van der Waals surface area contributed by atoms with Crippen LogP contribution in [0.4, 0.5) is 0 Å². The number of aliphatic imine (C=N–C) groups is 1. The molecule has 0 amide bonds. The van der Waals surface area contributed by atoms with Gasteiger partial charge in [0.25, 0.3) is 0 Å². The minimum atomic E-state index is 0.495. The molecule has 0 aliphatic carbocycles. The van der Waals surface area contributed by atoms with Gasteiger partial charge < -0.3 is 5.41 Å². The van der Waals surface area contributed by atoms with Gasteiger partial charge in [-0.25, -0.2) is 10.9 Å². The molecule has 0 unspecified atom stereocenters. The Hall–Kier alpha value is -0.410. The standard InChI is InChI=1S/C5H2IN2/c6-4-1-5(2-7)8-3-4/h1,3H/q-1. The van der Waals surface area contributed by atoms with Crippen LogP contribution in [0.2, 0.25) is 0 Å². The van der Waals surface area contributed by atoms with Gasteiger partial charge in [0.2, 0.25) is 0 Å². The summed E-state index contributed by atoms with van der Waals surface area (Å²) < 4.78 is 1.01. The number of nitrogens with zero attached hydrogens (tertiary/aromatic N) is 2. The van der Waals surface area contributed by atoms with Crippen molar-refractivity contribution in [3.05, 3.63) is 20.8 Å². The molecule has 1 aliphatic heterocycles. The number of halogens is 1. The van der Waals surface area contributed by atoms with Gasteiger partial charge in [-0.2, -0.15) is 0 Å². The molecule has 0 radical (unpaired) electrons. The zero-order chi connectivity index (χ0) is 5.98. The van der Waals surface area contributed by atoms with Crippen LogP contribution in [0.15, 0.2) is 20.3 Å². The Bertz CT molecular complexity index is 208. The number of hydrogen-bond donors (Lipinski definition) is 0. The minimum Gasteiger partial charge on any atom is -0.761 e. The molecule has 0 aromatic rings. The van der Waals surface area contributed by atoms with Crippen molar-refractivity contribution in [2.24, 2.45) is 4.99 Å². The zero-order valence-corrected chi connectivity index (χ0v) is 6.08. The predicted octanol–water partition coefficient (Wildman–Crippen LogP) is 1.51. The topological polar surface area (TPSA) is 34.7 Å². The lowest BCUT2D eigenvalue weighted by Crippen LogP contribution is -1.60. The zero-order valence-electron chi connectivity index (χ0n) is 3.93. The average molecular weight is 217 g/mol. The maximum absolute atomic E-state index is 8.24. The molecule has 1 heterocycles. The van der Waals surface area contributed by atoms with Crippen molar-refractivity contribution in [1.29, 1.82) is 0 Å². The van der Waals surface area contributed by atoms with E-state index in [1.54, 1.807) is 12.3 Å². The molecule has 40 valence electrons. The van der Waals surface area contributed by atoms with Crippen LogP contribution in [0.1, 0.15) is 0 Å². The van der Waals surface area contributed by atoms with Gasteiger partial charge in [0.1, 0.15) is 0 Å². The first-order valence-corrected chi connectivity index (χ1v) is 3.09. The summed E-state index contributed by atoms with van der Waals surface area (Å²) in [5, 5.41) is 8.24. The molecule has 0 saturated carbocycles. The normalized spacial score (nSPS) is 16.1. The first-order chi connectivity index (χ1) is 3.83.